The Morgan fingerprint density at radius 1 is 0.351 bits per heavy atom. The highest BCUT2D eigenvalue weighted by molar-refractivity contribution is 7.99. The molecule has 5 heteroatoms. The lowest BCUT2D eigenvalue weighted by Crippen LogP contribution is -2.31. The molecule has 1 aliphatic carbocycles. The molecule has 2 aromatic heterocycles. The van der Waals surface area contributed by atoms with E-state index in [1.54, 1.807) is 0 Å². The molecule has 3 nitrogen and oxygen atoms in total. The summed E-state index contributed by atoms with van der Waals surface area (Å²) < 4.78 is 2.47. The lowest BCUT2D eigenvalue weighted by atomic mass is 9.67. The second kappa shape index (κ2) is 12.7. The molecule has 0 bridgehead atoms. The highest BCUT2D eigenvalue weighted by Gasteiger charge is 2.50. The summed E-state index contributed by atoms with van der Waals surface area (Å²) in [5.74, 6) is 1.97. The van der Waals surface area contributed by atoms with Crippen LogP contribution in [0.4, 0.5) is 0 Å². The number of thiophene rings is 1. The van der Waals surface area contributed by atoms with E-state index in [-0.39, 0.29) is 0 Å². The highest BCUT2D eigenvalue weighted by Crippen LogP contribution is 2.63. The van der Waals surface area contributed by atoms with Crippen LogP contribution in [0, 0.1) is 0 Å². The summed E-state index contributed by atoms with van der Waals surface area (Å²) in [6.07, 6.45) is 0. The SMILES string of the molecule is c1ccc(-c2cccc(-c3nc(-c4ccccc4)nc(-c4cccc5sc6cc7c(cc6c45)C4(c5ccccc5S7)c5ccccc5-c5ccccc54)n3)c2)cc1. The van der Waals surface area contributed by atoms with Crippen LogP contribution < -0.4 is 0 Å². The molecule has 57 heavy (non-hydrogen) atoms. The second-order valence-corrected chi connectivity index (χ2v) is 16.9. The van der Waals surface area contributed by atoms with Gasteiger partial charge in [-0.15, -0.1) is 11.3 Å². The van der Waals surface area contributed by atoms with Crippen molar-refractivity contribution in [3.05, 3.63) is 210 Å². The van der Waals surface area contributed by atoms with Crippen molar-refractivity contribution in [1.29, 1.82) is 0 Å². The third kappa shape index (κ3) is 4.89. The first kappa shape index (κ1) is 32.6. The van der Waals surface area contributed by atoms with Crippen LogP contribution in [0.3, 0.4) is 0 Å². The van der Waals surface area contributed by atoms with Gasteiger partial charge in [0.2, 0.25) is 0 Å². The van der Waals surface area contributed by atoms with E-state index in [2.05, 4.69) is 164 Å². The quantitative estimate of drug-likeness (QED) is 0.179. The van der Waals surface area contributed by atoms with Crippen LogP contribution in [0.2, 0.25) is 0 Å². The molecule has 0 atom stereocenters. The number of rotatable bonds is 4. The van der Waals surface area contributed by atoms with Crippen LogP contribution in [0.15, 0.2) is 198 Å². The molecule has 0 N–H and O–H groups in total. The first-order valence-electron chi connectivity index (χ1n) is 19.2. The van der Waals surface area contributed by atoms with Crippen molar-refractivity contribution in [3.63, 3.8) is 0 Å². The van der Waals surface area contributed by atoms with E-state index >= 15 is 0 Å². The van der Waals surface area contributed by atoms with Crippen molar-refractivity contribution < 1.29 is 0 Å². The van der Waals surface area contributed by atoms with Gasteiger partial charge in [-0.25, -0.2) is 15.0 Å². The van der Waals surface area contributed by atoms with Crippen LogP contribution in [0.5, 0.6) is 0 Å². The normalized spacial score (nSPS) is 13.3. The zero-order valence-electron chi connectivity index (χ0n) is 30.6. The largest absolute Gasteiger partial charge is 0.208 e. The molecule has 12 rings (SSSR count). The molecule has 0 saturated carbocycles. The Bertz CT molecular complexity index is 3180. The summed E-state index contributed by atoms with van der Waals surface area (Å²) in [7, 11) is 0. The van der Waals surface area contributed by atoms with E-state index in [1.807, 2.05) is 47.4 Å². The smallest absolute Gasteiger partial charge is 0.164 e. The third-order valence-electron chi connectivity index (χ3n) is 11.6. The molecule has 2 aliphatic rings. The molecule has 0 unspecified atom stereocenters. The molecule has 266 valence electrons. The first-order chi connectivity index (χ1) is 28.2. The maximum atomic E-state index is 5.30. The standard InChI is InChI=1S/C52H31N3S2/c1-3-15-32(16-4-1)34-19-13-20-35(29-34)50-53-49(33-17-5-2-6-18-33)54-51(55-50)38-23-14-28-45-48(38)39-30-43-47(31-46(39)57-45)56-44-27-12-11-26-42(44)52(43)40-24-9-7-21-36(40)37-22-8-10-25-41(37)52/h1-31H. The number of hydrogen-bond donors (Lipinski definition) is 0. The Kier molecular flexibility index (Phi) is 7.25. The van der Waals surface area contributed by atoms with Gasteiger partial charge < -0.3 is 0 Å². The van der Waals surface area contributed by atoms with Crippen molar-refractivity contribution in [1.82, 2.24) is 15.0 Å². The number of aromatic nitrogens is 3. The minimum absolute atomic E-state index is 0.452. The van der Waals surface area contributed by atoms with Crippen LogP contribution in [0.25, 0.3) is 76.6 Å². The van der Waals surface area contributed by atoms with E-state index in [9.17, 15) is 0 Å². The fourth-order valence-electron chi connectivity index (χ4n) is 9.17. The van der Waals surface area contributed by atoms with Crippen LogP contribution >= 0.6 is 23.1 Å². The molecular weight excluding hydrogens is 731 g/mol. The maximum absolute atomic E-state index is 5.30. The zero-order chi connectivity index (χ0) is 37.5. The molecule has 3 heterocycles. The summed E-state index contributed by atoms with van der Waals surface area (Å²) in [5.41, 5.74) is 12.7. The van der Waals surface area contributed by atoms with Crippen molar-refractivity contribution in [2.75, 3.05) is 0 Å². The van der Waals surface area contributed by atoms with Gasteiger partial charge in [-0.3, -0.25) is 0 Å². The second-order valence-electron chi connectivity index (χ2n) is 14.7. The molecule has 0 amide bonds. The van der Waals surface area contributed by atoms with Crippen molar-refractivity contribution in [3.8, 4) is 56.4 Å². The van der Waals surface area contributed by atoms with Gasteiger partial charge in [-0.05, 0) is 74.8 Å². The molecule has 10 aromatic rings. The Balaban J connectivity index is 1.12. The van der Waals surface area contributed by atoms with Crippen LogP contribution in [0.1, 0.15) is 22.3 Å². The third-order valence-corrected chi connectivity index (χ3v) is 13.9. The first-order valence-corrected chi connectivity index (χ1v) is 20.8. The van der Waals surface area contributed by atoms with E-state index < -0.39 is 5.41 Å². The van der Waals surface area contributed by atoms with Crippen molar-refractivity contribution >= 4 is 43.3 Å². The number of fused-ring (bicyclic) bond motifs is 12. The van der Waals surface area contributed by atoms with Crippen LogP contribution in [-0.2, 0) is 5.41 Å². The molecule has 0 saturated heterocycles. The van der Waals surface area contributed by atoms with Gasteiger partial charge in [0, 0.05) is 46.7 Å². The molecule has 1 aliphatic heterocycles. The van der Waals surface area contributed by atoms with E-state index in [1.165, 1.54) is 63.3 Å². The zero-order valence-corrected chi connectivity index (χ0v) is 32.2. The minimum Gasteiger partial charge on any atom is -0.208 e. The van der Waals surface area contributed by atoms with E-state index in [0.29, 0.717) is 17.5 Å². The summed E-state index contributed by atoms with van der Waals surface area (Å²) in [6, 6.07) is 67.8. The van der Waals surface area contributed by atoms with Gasteiger partial charge in [-0.1, -0.05) is 169 Å². The Hall–Kier alpha value is -6.66. The highest BCUT2D eigenvalue weighted by atomic mass is 32.2. The molecule has 8 aromatic carbocycles. The lowest BCUT2D eigenvalue weighted by Gasteiger charge is -2.39. The maximum Gasteiger partial charge on any atom is 0.164 e. The van der Waals surface area contributed by atoms with E-state index in [4.69, 9.17) is 15.0 Å². The van der Waals surface area contributed by atoms with Gasteiger partial charge in [-0.2, -0.15) is 0 Å². The Morgan fingerprint density at radius 3 is 1.67 bits per heavy atom. The monoisotopic (exact) mass is 761 g/mol. The Morgan fingerprint density at radius 2 is 0.912 bits per heavy atom. The fourth-order valence-corrected chi connectivity index (χ4v) is 11.6. The van der Waals surface area contributed by atoms with Gasteiger partial charge in [0.1, 0.15) is 0 Å². The molecule has 1 spiro atoms. The van der Waals surface area contributed by atoms with Crippen molar-refractivity contribution in [2.45, 2.75) is 15.2 Å². The summed E-state index contributed by atoms with van der Waals surface area (Å²) in [4.78, 5) is 18.3. The van der Waals surface area contributed by atoms with Crippen molar-refractivity contribution in [2.24, 2.45) is 0 Å². The predicted octanol–water partition coefficient (Wildman–Crippen LogP) is 13.7. The number of nitrogens with zero attached hydrogens (tertiary/aromatic N) is 3. The number of hydrogen-bond acceptors (Lipinski definition) is 5. The lowest BCUT2D eigenvalue weighted by molar-refractivity contribution is 0.724. The molecule has 0 fully saturated rings. The predicted molar refractivity (Wildman–Crippen MR) is 236 cm³/mol. The number of benzene rings is 8. The Labute approximate surface area is 338 Å². The van der Waals surface area contributed by atoms with Gasteiger partial charge in [0.25, 0.3) is 0 Å². The van der Waals surface area contributed by atoms with Gasteiger partial charge in [0.15, 0.2) is 17.5 Å². The topological polar surface area (TPSA) is 38.7 Å². The summed E-state index contributed by atoms with van der Waals surface area (Å²) in [5, 5.41) is 2.40. The summed E-state index contributed by atoms with van der Waals surface area (Å²) in [6.45, 7) is 0. The van der Waals surface area contributed by atoms with Crippen LogP contribution in [-0.4, -0.2) is 15.0 Å². The molecular formula is C52H31N3S2. The minimum atomic E-state index is -0.452. The van der Waals surface area contributed by atoms with Gasteiger partial charge in [0.05, 0.1) is 5.41 Å². The molecule has 0 radical (unpaired) electrons. The fraction of sp³-hybridized carbons (Fsp3) is 0.0192. The van der Waals surface area contributed by atoms with E-state index in [0.717, 1.165) is 27.8 Å². The summed E-state index contributed by atoms with van der Waals surface area (Å²) >= 11 is 3.73. The average Bonchev–Trinajstić information content (AvgIpc) is 3.80. The van der Waals surface area contributed by atoms with Gasteiger partial charge >= 0.3 is 0 Å². The average molecular weight is 762 g/mol.